The van der Waals surface area contributed by atoms with Crippen LogP contribution in [0.15, 0.2) is 18.3 Å². The fourth-order valence-corrected chi connectivity index (χ4v) is 3.35. The van der Waals surface area contributed by atoms with Crippen LogP contribution in [-0.4, -0.2) is 68.7 Å². The lowest BCUT2D eigenvalue weighted by Gasteiger charge is -2.30. The Labute approximate surface area is 157 Å². The highest BCUT2D eigenvalue weighted by atomic mass is 16.5. The molecule has 0 bridgehead atoms. The van der Waals surface area contributed by atoms with Crippen molar-refractivity contribution in [1.82, 2.24) is 4.90 Å². The Bertz CT molecular complexity index is 697. The highest BCUT2D eigenvalue weighted by Crippen LogP contribution is 2.18. The standard InChI is InChI=1S/C18H24N4O5/c19-16(24)13-3-6-21(7-4-13)15(23)12-27-18(25)14-2-1-5-20-17(14)22-8-10-26-11-9-22/h1-2,5,13H,3-4,6-12H2,(H2,19,24)/p+1. The molecule has 2 aliphatic heterocycles. The number of piperidine rings is 1. The molecule has 0 unspecified atom stereocenters. The van der Waals surface area contributed by atoms with Crippen LogP contribution >= 0.6 is 0 Å². The van der Waals surface area contributed by atoms with Gasteiger partial charge in [0.15, 0.2) is 6.61 Å². The Kier molecular flexibility index (Phi) is 6.23. The van der Waals surface area contributed by atoms with E-state index in [1.165, 1.54) is 0 Å². The maximum absolute atomic E-state index is 12.5. The van der Waals surface area contributed by atoms with Crippen molar-refractivity contribution < 1.29 is 28.8 Å². The molecule has 2 fully saturated rings. The van der Waals surface area contributed by atoms with E-state index in [0.717, 1.165) is 0 Å². The molecular formula is C18H25N4O5+. The van der Waals surface area contributed by atoms with E-state index in [1.54, 1.807) is 23.2 Å². The average molecular weight is 377 g/mol. The molecule has 2 saturated heterocycles. The molecule has 146 valence electrons. The molecule has 3 rings (SSSR count). The molecule has 0 saturated carbocycles. The number of carbonyl (C=O) groups excluding carboxylic acids is 3. The maximum atomic E-state index is 12.5. The third-order valence-corrected chi connectivity index (χ3v) is 4.96. The number of hydrogen-bond acceptors (Lipinski definition) is 6. The van der Waals surface area contributed by atoms with Crippen molar-refractivity contribution in [2.24, 2.45) is 11.7 Å². The van der Waals surface area contributed by atoms with Crippen LogP contribution in [0.3, 0.4) is 0 Å². The number of morpholine rings is 1. The van der Waals surface area contributed by atoms with Crippen LogP contribution in [0.5, 0.6) is 0 Å². The van der Waals surface area contributed by atoms with Gasteiger partial charge in [-0.25, -0.2) is 9.78 Å². The number of nitrogens with zero attached hydrogens (tertiary/aromatic N) is 2. The molecule has 3 heterocycles. The van der Waals surface area contributed by atoms with Gasteiger partial charge in [0.05, 0.1) is 19.4 Å². The van der Waals surface area contributed by atoms with Crippen LogP contribution in [0.1, 0.15) is 23.2 Å². The topological polar surface area (TPSA) is 116 Å². The summed E-state index contributed by atoms with van der Waals surface area (Å²) in [6.45, 7) is 3.11. The Morgan fingerprint density at radius 3 is 2.56 bits per heavy atom. The van der Waals surface area contributed by atoms with Crippen molar-refractivity contribution in [3.05, 3.63) is 23.9 Å². The molecule has 2 aliphatic rings. The largest absolute Gasteiger partial charge is 0.452 e. The van der Waals surface area contributed by atoms with Crippen LogP contribution < -0.4 is 15.6 Å². The molecular weight excluding hydrogens is 352 g/mol. The molecule has 1 aromatic rings. The van der Waals surface area contributed by atoms with Crippen LogP contribution in [0, 0.1) is 5.92 Å². The van der Waals surface area contributed by atoms with E-state index in [2.05, 4.69) is 4.98 Å². The zero-order valence-corrected chi connectivity index (χ0v) is 15.2. The quantitative estimate of drug-likeness (QED) is 0.673. The summed E-state index contributed by atoms with van der Waals surface area (Å²) in [6, 6.07) is 3.39. The number of aromatic amines is 1. The number of primary amides is 1. The molecule has 0 spiro atoms. The van der Waals surface area contributed by atoms with E-state index in [1.807, 2.05) is 4.90 Å². The van der Waals surface area contributed by atoms with E-state index >= 15 is 0 Å². The molecule has 9 nitrogen and oxygen atoms in total. The molecule has 0 atom stereocenters. The first-order valence-electron chi connectivity index (χ1n) is 9.14. The van der Waals surface area contributed by atoms with E-state index < -0.39 is 5.97 Å². The summed E-state index contributed by atoms with van der Waals surface area (Å²) in [5, 5.41) is 0. The van der Waals surface area contributed by atoms with Gasteiger partial charge in [-0.15, -0.1) is 0 Å². The van der Waals surface area contributed by atoms with Gasteiger partial charge in [0.2, 0.25) is 5.91 Å². The Hall–Kier alpha value is -2.68. The van der Waals surface area contributed by atoms with Crippen LogP contribution in [0.2, 0.25) is 0 Å². The summed E-state index contributed by atoms with van der Waals surface area (Å²) in [4.78, 5) is 42.7. The number of anilines is 1. The van der Waals surface area contributed by atoms with E-state index in [0.29, 0.717) is 63.6 Å². The van der Waals surface area contributed by atoms with Gasteiger partial charge in [-0.1, -0.05) is 0 Å². The first-order valence-corrected chi connectivity index (χ1v) is 9.14. The third-order valence-electron chi connectivity index (χ3n) is 4.96. The highest BCUT2D eigenvalue weighted by Gasteiger charge is 2.29. The molecule has 0 aromatic carbocycles. The van der Waals surface area contributed by atoms with Gasteiger partial charge in [-0.2, -0.15) is 0 Å². The van der Waals surface area contributed by atoms with Gasteiger partial charge in [-0.05, 0) is 25.0 Å². The van der Waals surface area contributed by atoms with Crippen molar-refractivity contribution in [1.29, 1.82) is 0 Å². The predicted octanol–water partition coefficient (Wildman–Crippen LogP) is -0.782. The first-order chi connectivity index (χ1) is 13.1. The van der Waals surface area contributed by atoms with Crippen molar-refractivity contribution in [2.45, 2.75) is 12.8 Å². The zero-order valence-electron chi connectivity index (χ0n) is 15.2. The third kappa shape index (κ3) is 4.73. The smallest absolute Gasteiger partial charge is 0.347 e. The van der Waals surface area contributed by atoms with Gasteiger partial charge in [-0.3, -0.25) is 14.5 Å². The van der Waals surface area contributed by atoms with Gasteiger partial charge in [0, 0.05) is 19.0 Å². The van der Waals surface area contributed by atoms with Gasteiger partial charge in [0.25, 0.3) is 11.7 Å². The molecule has 9 heteroatoms. The number of nitrogens with one attached hydrogen (secondary N) is 1. The van der Waals surface area contributed by atoms with Crippen molar-refractivity contribution in [3.63, 3.8) is 0 Å². The number of H-pyrrole nitrogens is 1. The second-order valence-electron chi connectivity index (χ2n) is 6.67. The predicted molar refractivity (Wildman–Crippen MR) is 94.8 cm³/mol. The number of carbonyl (C=O) groups is 3. The number of pyridine rings is 1. The van der Waals surface area contributed by atoms with Gasteiger partial charge in [0.1, 0.15) is 18.7 Å². The molecule has 2 amide bonds. The maximum Gasteiger partial charge on any atom is 0.347 e. The first kappa shape index (κ1) is 19.1. The van der Waals surface area contributed by atoms with E-state index in [4.69, 9.17) is 15.2 Å². The molecule has 0 radical (unpaired) electrons. The summed E-state index contributed by atoms with van der Waals surface area (Å²) >= 11 is 0. The Balaban J connectivity index is 1.55. The summed E-state index contributed by atoms with van der Waals surface area (Å²) < 4.78 is 10.6. The van der Waals surface area contributed by atoms with Gasteiger partial charge >= 0.3 is 5.97 Å². The van der Waals surface area contributed by atoms with E-state index in [9.17, 15) is 14.4 Å². The van der Waals surface area contributed by atoms with E-state index in [-0.39, 0.29) is 24.3 Å². The van der Waals surface area contributed by atoms with Crippen LogP contribution in [0.4, 0.5) is 5.82 Å². The summed E-state index contributed by atoms with van der Waals surface area (Å²) in [6.07, 6.45) is 2.84. The fourth-order valence-electron chi connectivity index (χ4n) is 3.35. The lowest BCUT2D eigenvalue weighted by atomic mass is 9.96. The molecule has 1 aromatic heterocycles. The van der Waals surface area contributed by atoms with Crippen molar-refractivity contribution in [3.8, 4) is 0 Å². The van der Waals surface area contributed by atoms with Crippen molar-refractivity contribution in [2.75, 3.05) is 50.9 Å². The Morgan fingerprint density at radius 2 is 1.89 bits per heavy atom. The summed E-state index contributed by atoms with van der Waals surface area (Å²) in [5.74, 6) is -0.662. The molecule has 0 aliphatic carbocycles. The van der Waals surface area contributed by atoms with Gasteiger partial charge < -0.3 is 20.1 Å². The zero-order chi connectivity index (χ0) is 19.2. The minimum absolute atomic E-state index is 0.187. The van der Waals surface area contributed by atoms with Crippen LogP contribution in [0.25, 0.3) is 0 Å². The second kappa shape index (κ2) is 8.81. The Morgan fingerprint density at radius 1 is 1.19 bits per heavy atom. The number of amides is 2. The van der Waals surface area contributed by atoms with Crippen LogP contribution in [-0.2, 0) is 19.1 Å². The second-order valence-corrected chi connectivity index (χ2v) is 6.67. The fraction of sp³-hybridized carbons (Fsp3) is 0.556. The lowest BCUT2D eigenvalue weighted by molar-refractivity contribution is -0.364. The SMILES string of the molecule is NC(=O)C1CCN(C(=O)COC(=O)c2ccc[nH+]c2N2CCOCC2)CC1. The van der Waals surface area contributed by atoms with Crippen molar-refractivity contribution >= 4 is 23.6 Å². The number of likely N-dealkylation sites (tertiary alicyclic amines) is 1. The number of aromatic nitrogens is 1. The average Bonchev–Trinajstić information content (AvgIpc) is 2.72. The number of hydrogen-bond donors (Lipinski definition) is 1. The molecule has 3 N–H and O–H groups in total. The lowest BCUT2D eigenvalue weighted by Crippen LogP contribution is -2.43. The molecule has 27 heavy (non-hydrogen) atoms. The normalized spacial score (nSPS) is 18.2. The monoisotopic (exact) mass is 377 g/mol. The minimum Gasteiger partial charge on any atom is -0.452 e. The number of ether oxygens (including phenoxy) is 2. The minimum atomic E-state index is -0.547. The number of nitrogens with two attached hydrogens (primary N) is 1. The number of esters is 1. The summed E-state index contributed by atoms with van der Waals surface area (Å²) in [7, 11) is 0. The highest BCUT2D eigenvalue weighted by molar-refractivity contribution is 5.95. The number of rotatable bonds is 5. The summed E-state index contributed by atoms with van der Waals surface area (Å²) in [5.41, 5.74) is 5.69.